The Hall–Kier alpha value is -1.72. The van der Waals surface area contributed by atoms with Crippen LogP contribution in [-0.2, 0) is 23.1 Å². The third-order valence-corrected chi connectivity index (χ3v) is 5.99. The summed E-state index contributed by atoms with van der Waals surface area (Å²) in [5, 5.41) is 6.33. The summed E-state index contributed by atoms with van der Waals surface area (Å²) < 4.78 is 41.7. The van der Waals surface area contributed by atoms with E-state index in [0.717, 1.165) is 5.56 Å². The van der Waals surface area contributed by atoms with E-state index in [1.807, 2.05) is 6.92 Å². The van der Waals surface area contributed by atoms with Gasteiger partial charge in [-0.1, -0.05) is 30.3 Å². The van der Waals surface area contributed by atoms with Crippen LogP contribution in [0.15, 0.2) is 52.4 Å². The van der Waals surface area contributed by atoms with E-state index in [0.29, 0.717) is 30.2 Å². The number of aliphatic imine (C=N–C) groups is 1. The Bertz CT molecular complexity index is 1000. The first-order valence-electron chi connectivity index (χ1n) is 9.91. The highest BCUT2D eigenvalue weighted by Gasteiger charge is 2.24. The molecule has 0 aliphatic heterocycles. The van der Waals surface area contributed by atoms with Crippen molar-refractivity contribution in [2.45, 2.75) is 58.1 Å². The maximum atomic E-state index is 13.4. The van der Waals surface area contributed by atoms with Gasteiger partial charge in [0.25, 0.3) is 0 Å². The predicted octanol–water partition coefficient (Wildman–Crippen LogP) is 4.08. The summed E-state index contributed by atoms with van der Waals surface area (Å²) in [6.45, 7) is 10.4. The van der Waals surface area contributed by atoms with Crippen LogP contribution in [-0.4, -0.2) is 26.5 Å². The molecule has 0 saturated carbocycles. The standard InChI is InChI=1S/C22H31FN4O2S.HI/c1-6-24-21(25-14-17-11-12-19(23)16(2)13-17)26-15-18-9-7-8-10-20(18)30(28,29)27-22(3,4)5;/h7-13,27H,6,14-15H2,1-5H3,(H2,24,25,26);1H. The first-order chi connectivity index (χ1) is 14.0. The van der Waals surface area contributed by atoms with Crippen LogP contribution in [0.2, 0.25) is 0 Å². The Morgan fingerprint density at radius 1 is 1.10 bits per heavy atom. The van der Waals surface area contributed by atoms with Crippen LogP contribution >= 0.6 is 24.0 Å². The second-order valence-electron chi connectivity index (χ2n) is 8.10. The van der Waals surface area contributed by atoms with E-state index in [1.165, 1.54) is 6.07 Å². The van der Waals surface area contributed by atoms with Crippen molar-refractivity contribution in [3.8, 4) is 0 Å². The number of halogens is 2. The Kier molecular flexibility index (Phi) is 10.4. The number of rotatable bonds is 7. The summed E-state index contributed by atoms with van der Waals surface area (Å²) in [5.41, 5.74) is 1.52. The lowest BCUT2D eigenvalue weighted by molar-refractivity contribution is 0.491. The molecular weight excluding hydrogens is 530 g/mol. The van der Waals surface area contributed by atoms with Gasteiger partial charge in [-0.25, -0.2) is 22.5 Å². The van der Waals surface area contributed by atoms with Crippen LogP contribution in [0.1, 0.15) is 44.4 Å². The normalized spacial score (nSPS) is 12.3. The lowest BCUT2D eigenvalue weighted by Crippen LogP contribution is -2.41. The van der Waals surface area contributed by atoms with Crippen molar-refractivity contribution < 1.29 is 12.8 Å². The number of sulfonamides is 1. The molecule has 0 heterocycles. The molecule has 0 aliphatic rings. The van der Waals surface area contributed by atoms with Gasteiger partial charge in [-0.05, 0) is 63.4 Å². The Morgan fingerprint density at radius 3 is 2.39 bits per heavy atom. The molecule has 2 aromatic carbocycles. The lowest BCUT2D eigenvalue weighted by Gasteiger charge is -2.22. The first-order valence-corrected chi connectivity index (χ1v) is 11.4. The van der Waals surface area contributed by atoms with E-state index < -0.39 is 15.6 Å². The maximum absolute atomic E-state index is 13.4. The summed E-state index contributed by atoms with van der Waals surface area (Å²) in [6.07, 6.45) is 0. The molecule has 2 rings (SSSR count). The van der Waals surface area contributed by atoms with E-state index in [4.69, 9.17) is 0 Å². The first kappa shape index (κ1) is 27.3. The van der Waals surface area contributed by atoms with Crippen LogP contribution in [0.4, 0.5) is 4.39 Å². The van der Waals surface area contributed by atoms with E-state index in [-0.39, 0.29) is 41.2 Å². The fourth-order valence-corrected chi connectivity index (χ4v) is 4.53. The zero-order valence-electron chi connectivity index (χ0n) is 18.6. The van der Waals surface area contributed by atoms with Crippen molar-refractivity contribution in [3.05, 3.63) is 65.0 Å². The molecule has 0 unspecified atom stereocenters. The molecule has 31 heavy (non-hydrogen) atoms. The third-order valence-electron chi connectivity index (χ3n) is 4.14. The molecule has 0 atom stereocenters. The van der Waals surface area contributed by atoms with Crippen LogP contribution in [0.5, 0.6) is 0 Å². The SMILES string of the molecule is CCNC(=NCc1ccc(F)c(C)c1)NCc1ccccc1S(=O)(=O)NC(C)(C)C.I. The molecule has 0 saturated heterocycles. The smallest absolute Gasteiger partial charge is 0.241 e. The molecule has 0 spiro atoms. The number of benzene rings is 2. The fourth-order valence-electron chi connectivity index (χ4n) is 2.87. The minimum atomic E-state index is -3.66. The molecule has 0 amide bonds. The number of hydrogen-bond acceptors (Lipinski definition) is 3. The maximum Gasteiger partial charge on any atom is 0.241 e. The molecule has 0 radical (unpaired) electrons. The van der Waals surface area contributed by atoms with Crippen molar-refractivity contribution in [1.82, 2.24) is 15.4 Å². The largest absolute Gasteiger partial charge is 0.357 e. The van der Waals surface area contributed by atoms with E-state index in [2.05, 4.69) is 20.3 Å². The number of nitrogens with zero attached hydrogens (tertiary/aromatic N) is 1. The van der Waals surface area contributed by atoms with Gasteiger partial charge in [0.2, 0.25) is 10.0 Å². The van der Waals surface area contributed by atoms with Crippen molar-refractivity contribution >= 4 is 40.0 Å². The number of guanidine groups is 1. The molecule has 2 aromatic rings. The van der Waals surface area contributed by atoms with Gasteiger partial charge in [-0.3, -0.25) is 0 Å². The zero-order chi connectivity index (χ0) is 22.4. The van der Waals surface area contributed by atoms with Crippen LogP contribution in [0.25, 0.3) is 0 Å². The van der Waals surface area contributed by atoms with E-state index >= 15 is 0 Å². The van der Waals surface area contributed by atoms with Gasteiger partial charge in [-0.15, -0.1) is 24.0 Å². The Balaban J connectivity index is 0.00000480. The van der Waals surface area contributed by atoms with Gasteiger partial charge in [0.05, 0.1) is 11.4 Å². The van der Waals surface area contributed by atoms with Gasteiger partial charge in [-0.2, -0.15) is 0 Å². The highest BCUT2D eigenvalue weighted by atomic mass is 127. The molecule has 9 heteroatoms. The van der Waals surface area contributed by atoms with E-state index in [1.54, 1.807) is 64.1 Å². The quantitative estimate of drug-likeness (QED) is 0.270. The highest BCUT2D eigenvalue weighted by molar-refractivity contribution is 14.0. The van der Waals surface area contributed by atoms with Crippen LogP contribution in [0, 0.1) is 12.7 Å². The molecule has 3 N–H and O–H groups in total. The number of nitrogens with one attached hydrogen (secondary N) is 3. The van der Waals surface area contributed by atoms with Gasteiger partial charge in [0.15, 0.2) is 5.96 Å². The van der Waals surface area contributed by atoms with E-state index in [9.17, 15) is 12.8 Å². The monoisotopic (exact) mass is 562 g/mol. The summed E-state index contributed by atoms with van der Waals surface area (Å²) in [6, 6.07) is 11.8. The average Bonchev–Trinajstić information content (AvgIpc) is 2.65. The molecule has 0 aliphatic carbocycles. The van der Waals surface area contributed by atoms with Crippen molar-refractivity contribution in [2.24, 2.45) is 4.99 Å². The number of hydrogen-bond donors (Lipinski definition) is 3. The molecule has 0 fully saturated rings. The minimum Gasteiger partial charge on any atom is -0.357 e. The van der Waals surface area contributed by atoms with Crippen LogP contribution in [0.3, 0.4) is 0 Å². The van der Waals surface area contributed by atoms with Crippen LogP contribution < -0.4 is 15.4 Å². The average molecular weight is 562 g/mol. The van der Waals surface area contributed by atoms with Crippen molar-refractivity contribution in [3.63, 3.8) is 0 Å². The Labute approximate surface area is 202 Å². The third kappa shape index (κ3) is 8.74. The predicted molar refractivity (Wildman–Crippen MR) is 135 cm³/mol. The topological polar surface area (TPSA) is 82.6 Å². The summed E-state index contributed by atoms with van der Waals surface area (Å²) in [5.74, 6) is 0.310. The molecule has 0 aromatic heterocycles. The summed E-state index contributed by atoms with van der Waals surface area (Å²) >= 11 is 0. The van der Waals surface area contributed by atoms with Gasteiger partial charge in [0.1, 0.15) is 5.82 Å². The lowest BCUT2D eigenvalue weighted by atomic mass is 10.1. The highest BCUT2D eigenvalue weighted by Crippen LogP contribution is 2.18. The summed E-state index contributed by atoms with van der Waals surface area (Å²) in [7, 11) is -3.66. The molecule has 6 nitrogen and oxygen atoms in total. The Morgan fingerprint density at radius 2 is 1.77 bits per heavy atom. The second kappa shape index (κ2) is 11.8. The fraction of sp³-hybridized carbons (Fsp3) is 0.409. The second-order valence-corrected chi connectivity index (χ2v) is 9.75. The minimum absolute atomic E-state index is 0. The van der Waals surface area contributed by atoms with Crippen molar-refractivity contribution in [2.75, 3.05) is 6.54 Å². The van der Waals surface area contributed by atoms with Gasteiger partial charge in [0, 0.05) is 18.6 Å². The molecular formula is C22H32FIN4O2S. The summed E-state index contributed by atoms with van der Waals surface area (Å²) in [4.78, 5) is 4.76. The van der Waals surface area contributed by atoms with Gasteiger partial charge < -0.3 is 10.6 Å². The van der Waals surface area contributed by atoms with Crippen molar-refractivity contribution in [1.29, 1.82) is 0 Å². The zero-order valence-corrected chi connectivity index (χ0v) is 21.8. The molecule has 172 valence electrons. The number of aryl methyl sites for hydroxylation is 1. The van der Waals surface area contributed by atoms with Gasteiger partial charge >= 0.3 is 0 Å². The molecule has 0 bridgehead atoms.